The Morgan fingerprint density at radius 1 is 1.33 bits per heavy atom. The summed E-state index contributed by atoms with van der Waals surface area (Å²) in [5.74, 6) is -1.24. The molecular formula is C13H16N2O3. The molecule has 0 unspecified atom stereocenters. The van der Waals surface area contributed by atoms with Crippen molar-refractivity contribution in [3.05, 3.63) is 35.4 Å². The average molecular weight is 248 g/mol. The van der Waals surface area contributed by atoms with Crippen LogP contribution in [-0.4, -0.2) is 36.1 Å². The molecule has 0 aromatic heterocycles. The number of aromatic carboxylic acids is 1. The van der Waals surface area contributed by atoms with E-state index in [4.69, 9.17) is 5.11 Å². The number of nitrogens with one attached hydrogen (secondary N) is 2. The molecule has 2 rings (SSSR count). The number of carboxylic acid groups (broad SMARTS) is 1. The van der Waals surface area contributed by atoms with Crippen molar-refractivity contribution in [2.75, 3.05) is 13.1 Å². The van der Waals surface area contributed by atoms with Crippen molar-refractivity contribution >= 4 is 11.9 Å². The lowest BCUT2D eigenvalue weighted by Crippen LogP contribution is -2.45. The van der Waals surface area contributed by atoms with Gasteiger partial charge >= 0.3 is 5.97 Å². The SMILES string of the molecule is O=C(O)c1cccc(C(=O)N[C@@H]2CCCNC2)c1. The van der Waals surface area contributed by atoms with E-state index in [1.165, 1.54) is 12.1 Å². The van der Waals surface area contributed by atoms with Gasteiger partial charge in [-0.3, -0.25) is 4.79 Å². The molecule has 1 heterocycles. The third-order valence-electron chi connectivity index (χ3n) is 3.00. The zero-order valence-corrected chi connectivity index (χ0v) is 9.98. The molecule has 5 nitrogen and oxygen atoms in total. The van der Waals surface area contributed by atoms with Gasteiger partial charge in [-0.1, -0.05) is 6.07 Å². The first-order valence-electron chi connectivity index (χ1n) is 6.02. The molecule has 0 bridgehead atoms. The van der Waals surface area contributed by atoms with E-state index in [0.29, 0.717) is 5.56 Å². The molecule has 5 heteroatoms. The third kappa shape index (κ3) is 3.07. The van der Waals surface area contributed by atoms with Gasteiger partial charge in [0.1, 0.15) is 0 Å². The first-order valence-corrected chi connectivity index (χ1v) is 6.02. The molecule has 3 N–H and O–H groups in total. The molecule has 1 aromatic carbocycles. The Morgan fingerprint density at radius 3 is 2.78 bits per heavy atom. The predicted molar refractivity (Wildman–Crippen MR) is 66.8 cm³/mol. The molecule has 1 atom stereocenters. The Bertz CT molecular complexity index is 453. The highest BCUT2D eigenvalue weighted by Gasteiger charge is 2.16. The zero-order valence-electron chi connectivity index (χ0n) is 9.98. The standard InChI is InChI=1S/C13H16N2O3/c16-12(15-11-5-2-6-14-8-11)9-3-1-4-10(7-9)13(17)18/h1,3-4,7,11,14H,2,5-6,8H2,(H,15,16)(H,17,18)/t11-/m1/s1. The van der Waals surface area contributed by atoms with E-state index in [2.05, 4.69) is 10.6 Å². The quantitative estimate of drug-likeness (QED) is 0.741. The maximum absolute atomic E-state index is 12.0. The van der Waals surface area contributed by atoms with Crippen LogP contribution in [0.5, 0.6) is 0 Å². The Kier molecular flexibility index (Phi) is 3.94. The molecule has 0 spiro atoms. The van der Waals surface area contributed by atoms with E-state index in [0.717, 1.165) is 25.9 Å². The fourth-order valence-corrected chi connectivity index (χ4v) is 2.04. The first kappa shape index (κ1) is 12.6. The van der Waals surface area contributed by atoms with E-state index < -0.39 is 5.97 Å². The fraction of sp³-hybridized carbons (Fsp3) is 0.385. The topological polar surface area (TPSA) is 78.4 Å². The minimum absolute atomic E-state index is 0.125. The van der Waals surface area contributed by atoms with Crippen LogP contribution >= 0.6 is 0 Å². The van der Waals surface area contributed by atoms with Gasteiger partial charge in [-0.2, -0.15) is 0 Å². The molecule has 1 aliphatic heterocycles. The van der Waals surface area contributed by atoms with Crippen LogP contribution in [0.15, 0.2) is 24.3 Å². The second kappa shape index (κ2) is 5.64. The number of carbonyl (C=O) groups excluding carboxylic acids is 1. The van der Waals surface area contributed by atoms with Crippen molar-refractivity contribution in [1.82, 2.24) is 10.6 Å². The van der Waals surface area contributed by atoms with Gasteiger partial charge in [-0.05, 0) is 37.6 Å². The van der Waals surface area contributed by atoms with E-state index in [1.54, 1.807) is 12.1 Å². The van der Waals surface area contributed by atoms with Gasteiger partial charge in [0.05, 0.1) is 5.56 Å². The fourth-order valence-electron chi connectivity index (χ4n) is 2.04. The van der Waals surface area contributed by atoms with Crippen molar-refractivity contribution in [2.24, 2.45) is 0 Å². The van der Waals surface area contributed by atoms with Crippen molar-refractivity contribution in [3.8, 4) is 0 Å². The van der Waals surface area contributed by atoms with Crippen molar-refractivity contribution in [1.29, 1.82) is 0 Å². The maximum Gasteiger partial charge on any atom is 0.335 e. The number of rotatable bonds is 3. The van der Waals surface area contributed by atoms with Crippen LogP contribution in [0.4, 0.5) is 0 Å². The minimum atomic E-state index is -1.02. The Balaban J connectivity index is 2.03. The molecule has 1 aliphatic rings. The summed E-state index contributed by atoms with van der Waals surface area (Å²) in [6.07, 6.45) is 2.00. The minimum Gasteiger partial charge on any atom is -0.478 e. The summed E-state index contributed by atoms with van der Waals surface area (Å²) in [5.41, 5.74) is 0.518. The Labute approximate surface area is 105 Å². The maximum atomic E-state index is 12.0. The molecule has 1 saturated heterocycles. The number of amides is 1. The molecule has 18 heavy (non-hydrogen) atoms. The first-order chi connectivity index (χ1) is 8.66. The van der Waals surface area contributed by atoms with Crippen LogP contribution in [0.1, 0.15) is 33.6 Å². The van der Waals surface area contributed by atoms with Gasteiger partial charge < -0.3 is 15.7 Å². The normalized spacial score (nSPS) is 19.2. The number of piperidine rings is 1. The van der Waals surface area contributed by atoms with Gasteiger partial charge in [-0.15, -0.1) is 0 Å². The average Bonchev–Trinajstić information content (AvgIpc) is 2.40. The highest BCUT2D eigenvalue weighted by Crippen LogP contribution is 2.07. The summed E-state index contributed by atoms with van der Waals surface area (Å²) in [4.78, 5) is 22.8. The summed E-state index contributed by atoms with van der Waals surface area (Å²) < 4.78 is 0. The van der Waals surface area contributed by atoms with Crippen LogP contribution in [0.3, 0.4) is 0 Å². The van der Waals surface area contributed by atoms with Crippen molar-refractivity contribution < 1.29 is 14.7 Å². The van der Waals surface area contributed by atoms with Crippen LogP contribution < -0.4 is 10.6 Å². The Hall–Kier alpha value is -1.88. The Morgan fingerprint density at radius 2 is 2.11 bits per heavy atom. The number of carbonyl (C=O) groups is 2. The van der Waals surface area contributed by atoms with Crippen molar-refractivity contribution in [3.63, 3.8) is 0 Å². The third-order valence-corrected chi connectivity index (χ3v) is 3.00. The highest BCUT2D eigenvalue weighted by molar-refractivity contribution is 5.97. The molecule has 0 aliphatic carbocycles. The molecule has 0 radical (unpaired) electrons. The molecule has 1 aromatic rings. The van der Waals surface area contributed by atoms with E-state index >= 15 is 0 Å². The van der Waals surface area contributed by atoms with E-state index in [1.807, 2.05) is 0 Å². The molecule has 1 amide bonds. The van der Waals surface area contributed by atoms with E-state index in [-0.39, 0.29) is 17.5 Å². The summed E-state index contributed by atoms with van der Waals surface area (Å²) in [5, 5.41) is 15.0. The van der Waals surface area contributed by atoms with Gasteiger partial charge in [-0.25, -0.2) is 4.79 Å². The van der Waals surface area contributed by atoms with Gasteiger partial charge in [0.15, 0.2) is 0 Å². The number of carboxylic acids is 1. The van der Waals surface area contributed by atoms with Gasteiger partial charge in [0.2, 0.25) is 0 Å². The van der Waals surface area contributed by atoms with Gasteiger partial charge in [0.25, 0.3) is 5.91 Å². The summed E-state index contributed by atoms with van der Waals surface area (Å²) in [7, 11) is 0. The summed E-state index contributed by atoms with van der Waals surface area (Å²) in [6.45, 7) is 1.76. The second-order valence-electron chi connectivity index (χ2n) is 4.40. The number of hydrogen-bond donors (Lipinski definition) is 3. The second-order valence-corrected chi connectivity index (χ2v) is 4.40. The monoisotopic (exact) mass is 248 g/mol. The van der Waals surface area contributed by atoms with E-state index in [9.17, 15) is 9.59 Å². The lowest BCUT2D eigenvalue weighted by atomic mass is 10.1. The van der Waals surface area contributed by atoms with Crippen LogP contribution in [0, 0.1) is 0 Å². The lowest BCUT2D eigenvalue weighted by Gasteiger charge is -2.23. The number of hydrogen-bond acceptors (Lipinski definition) is 3. The van der Waals surface area contributed by atoms with Gasteiger partial charge in [0, 0.05) is 18.2 Å². The van der Waals surface area contributed by atoms with Crippen molar-refractivity contribution in [2.45, 2.75) is 18.9 Å². The molecule has 1 fully saturated rings. The smallest absolute Gasteiger partial charge is 0.335 e. The highest BCUT2D eigenvalue weighted by atomic mass is 16.4. The van der Waals surface area contributed by atoms with Crippen LogP contribution in [0.25, 0.3) is 0 Å². The predicted octanol–water partition coefficient (Wildman–Crippen LogP) is 0.867. The largest absolute Gasteiger partial charge is 0.478 e. The summed E-state index contributed by atoms with van der Waals surface area (Å²) in [6, 6.07) is 6.20. The molecule has 0 saturated carbocycles. The summed E-state index contributed by atoms with van der Waals surface area (Å²) >= 11 is 0. The van der Waals surface area contributed by atoms with Crippen LogP contribution in [0.2, 0.25) is 0 Å². The van der Waals surface area contributed by atoms with Crippen LogP contribution in [-0.2, 0) is 0 Å². The molecule has 96 valence electrons. The lowest BCUT2D eigenvalue weighted by molar-refractivity contribution is 0.0697. The number of benzene rings is 1. The zero-order chi connectivity index (χ0) is 13.0. The molecular weight excluding hydrogens is 232 g/mol.